The first-order chi connectivity index (χ1) is 18.3. The van der Waals surface area contributed by atoms with Gasteiger partial charge in [-0.05, 0) is 71.8 Å². The van der Waals surface area contributed by atoms with Gasteiger partial charge in [-0.1, -0.05) is 72.8 Å². The number of rotatable bonds is 6. The molecule has 6 heteroatoms. The number of aryl methyl sites for hydroxylation is 1. The van der Waals surface area contributed by atoms with E-state index in [0.29, 0.717) is 5.56 Å². The van der Waals surface area contributed by atoms with Crippen molar-refractivity contribution < 1.29 is 18.0 Å². The van der Waals surface area contributed by atoms with Gasteiger partial charge in [0.15, 0.2) is 0 Å². The number of alkyl halides is 3. The number of nitrogens with one attached hydrogen (secondary N) is 1. The Bertz CT molecular complexity index is 1420. The minimum absolute atomic E-state index is 0.0516. The molecule has 0 unspecified atom stereocenters. The predicted molar refractivity (Wildman–Crippen MR) is 145 cm³/mol. The van der Waals surface area contributed by atoms with E-state index in [1.165, 1.54) is 28.8 Å². The topological polar surface area (TPSA) is 32.3 Å². The van der Waals surface area contributed by atoms with Gasteiger partial charge in [-0.3, -0.25) is 4.79 Å². The number of hydrogen-bond acceptors (Lipinski definition) is 2. The van der Waals surface area contributed by atoms with Gasteiger partial charge in [0.1, 0.15) is 0 Å². The lowest BCUT2D eigenvalue weighted by Crippen LogP contribution is -2.30. The van der Waals surface area contributed by atoms with Crippen molar-refractivity contribution in [2.24, 2.45) is 0 Å². The molecule has 0 spiro atoms. The standard InChI is InChI=1S/C32H29F3N2O/c1-22(28-11-5-6-12-29(28)32(33,34)35)36-31(38)27-17-18-30-26(20-27)10-7-19-37(30)21-23-13-15-25(16-14-23)24-8-3-2-4-9-24/h2-6,8-9,11-18,20,22H,7,10,19,21H2,1H3,(H,36,38)/t22-/m0/s1. The Morgan fingerprint density at radius 3 is 2.32 bits per heavy atom. The number of carbonyl (C=O) groups is 1. The van der Waals surface area contributed by atoms with Crippen LogP contribution in [-0.4, -0.2) is 12.5 Å². The lowest BCUT2D eigenvalue weighted by Gasteiger charge is -2.32. The Balaban J connectivity index is 1.29. The quantitative estimate of drug-likeness (QED) is 0.285. The van der Waals surface area contributed by atoms with Crippen LogP contribution in [0, 0.1) is 0 Å². The Hall–Kier alpha value is -4.06. The molecule has 0 aliphatic carbocycles. The van der Waals surface area contributed by atoms with Gasteiger partial charge in [-0.25, -0.2) is 0 Å². The summed E-state index contributed by atoms with van der Waals surface area (Å²) in [5.41, 5.74) is 5.51. The van der Waals surface area contributed by atoms with Crippen LogP contribution >= 0.6 is 0 Å². The van der Waals surface area contributed by atoms with Crippen LogP contribution in [0.2, 0.25) is 0 Å². The van der Waals surface area contributed by atoms with E-state index in [0.717, 1.165) is 43.2 Å². The van der Waals surface area contributed by atoms with E-state index in [1.54, 1.807) is 19.1 Å². The van der Waals surface area contributed by atoms with Gasteiger partial charge in [0, 0.05) is 24.3 Å². The fourth-order valence-electron chi connectivity index (χ4n) is 5.12. The maximum absolute atomic E-state index is 13.4. The molecule has 1 heterocycles. The molecule has 0 bridgehead atoms. The van der Waals surface area contributed by atoms with Crippen molar-refractivity contribution in [1.29, 1.82) is 0 Å². The number of nitrogens with zero attached hydrogens (tertiary/aromatic N) is 1. The minimum atomic E-state index is -4.48. The van der Waals surface area contributed by atoms with Crippen LogP contribution in [0.25, 0.3) is 11.1 Å². The Labute approximate surface area is 220 Å². The monoisotopic (exact) mass is 514 g/mol. The van der Waals surface area contributed by atoms with Crippen molar-refractivity contribution in [3.63, 3.8) is 0 Å². The molecule has 0 saturated heterocycles. The molecule has 0 saturated carbocycles. The minimum Gasteiger partial charge on any atom is -0.367 e. The normalized spacial score (nSPS) is 14.1. The van der Waals surface area contributed by atoms with Crippen LogP contribution in [-0.2, 0) is 19.1 Å². The lowest BCUT2D eigenvalue weighted by molar-refractivity contribution is -0.138. The first-order valence-corrected chi connectivity index (χ1v) is 12.8. The summed E-state index contributed by atoms with van der Waals surface area (Å²) in [5.74, 6) is -0.383. The van der Waals surface area contributed by atoms with Crippen LogP contribution < -0.4 is 10.2 Å². The van der Waals surface area contributed by atoms with Crippen molar-refractivity contribution in [3.05, 3.63) is 125 Å². The van der Waals surface area contributed by atoms with Gasteiger partial charge in [-0.2, -0.15) is 13.2 Å². The molecule has 0 aromatic heterocycles. The summed E-state index contributed by atoms with van der Waals surface area (Å²) >= 11 is 0. The highest BCUT2D eigenvalue weighted by molar-refractivity contribution is 5.95. The first kappa shape index (κ1) is 25.6. The molecule has 4 aromatic rings. The Morgan fingerprint density at radius 1 is 0.895 bits per heavy atom. The molecule has 1 amide bonds. The summed E-state index contributed by atoms with van der Waals surface area (Å²) in [6.07, 6.45) is -2.66. The number of anilines is 1. The molecular formula is C32H29F3N2O. The van der Waals surface area contributed by atoms with Crippen LogP contribution in [0.3, 0.4) is 0 Å². The number of fused-ring (bicyclic) bond motifs is 1. The molecule has 0 radical (unpaired) electrons. The highest BCUT2D eigenvalue weighted by atomic mass is 19.4. The summed E-state index contributed by atoms with van der Waals surface area (Å²) in [6.45, 7) is 3.26. The Morgan fingerprint density at radius 2 is 1.58 bits per heavy atom. The number of halogens is 3. The van der Waals surface area contributed by atoms with Crippen molar-refractivity contribution in [2.75, 3.05) is 11.4 Å². The zero-order chi connectivity index (χ0) is 26.7. The van der Waals surface area contributed by atoms with Gasteiger partial charge in [0.25, 0.3) is 5.91 Å². The largest absolute Gasteiger partial charge is 0.416 e. The lowest BCUT2D eigenvalue weighted by atomic mass is 9.97. The zero-order valence-corrected chi connectivity index (χ0v) is 21.1. The number of benzene rings is 4. The van der Waals surface area contributed by atoms with Crippen molar-refractivity contribution >= 4 is 11.6 Å². The van der Waals surface area contributed by atoms with E-state index >= 15 is 0 Å². The maximum atomic E-state index is 13.4. The third-order valence-corrected chi connectivity index (χ3v) is 7.07. The molecular weight excluding hydrogens is 485 g/mol. The van der Waals surface area contributed by atoms with Crippen LogP contribution in [0.5, 0.6) is 0 Å². The van der Waals surface area contributed by atoms with E-state index in [9.17, 15) is 18.0 Å². The second-order valence-electron chi connectivity index (χ2n) is 9.71. The average Bonchev–Trinajstić information content (AvgIpc) is 2.93. The summed E-state index contributed by atoms with van der Waals surface area (Å²) in [7, 11) is 0. The Kier molecular flexibility index (Phi) is 7.23. The molecule has 194 valence electrons. The van der Waals surface area contributed by atoms with Crippen molar-refractivity contribution in [3.8, 4) is 11.1 Å². The number of amides is 1. The number of carbonyl (C=O) groups excluding carboxylic acids is 1. The van der Waals surface area contributed by atoms with E-state index in [1.807, 2.05) is 30.3 Å². The highest BCUT2D eigenvalue weighted by Gasteiger charge is 2.34. The van der Waals surface area contributed by atoms with Gasteiger partial charge in [0.05, 0.1) is 11.6 Å². The molecule has 0 fully saturated rings. The zero-order valence-electron chi connectivity index (χ0n) is 21.1. The smallest absolute Gasteiger partial charge is 0.367 e. The van der Waals surface area contributed by atoms with Gasteiger partial charge in [0.2, 0.25) is 0 Å². The third-order valence-electron chi connectivity index (χ3n) is 7.07. The van der Waals surface area contributed by atoms with E-state index in [-0.39, 0.29) is 11.5 Å². The highest BCUT2D eigenvalue weighted by Crippen LogP contribution is 2.35. The average molecular weight is 515 g/mol. The van der Waals surface area contributed by atoms with E-state index < -0.39 is 17.8 Å². The van der Waals surface area contributed by atoms with Gasteiger partial charge >= 0.3 is 6.18 Å². The van der Waals surface area contributed by atoms with Crippen molar-refractivity contribution in [2.45, 2.75) is 38.5 Å². The second kappa shape index (κ2) is 10.7. The predicted octanol–water partition coefficient (Wildman–Crippen LogP) is 7.82. The number of hydrogen-bond donors (Lipinski definition) is 1. The summed E-state index contributed by atoms with van der Waals surface area (Å²) < 4.78 is 40.3. The summed E-state index contributed by atoms with van der Waals surface area (Å²) in [6, 6.07) is 29.0. The fraction of sp³-hybridized carbons (Fsp3) is 0.219. The third kappa shape index (κ3) is 5.59. The fourth-order valence-corrected chi connectivity index (χ4v) is 5.12. The van der Waals surface area contributed by atoms with E-state index in [2.05, 4.69) is 46.6 Å². The molecule has 3 nitrogen and oxygen atoms in total. The molecule has 4 aromatic carbocycles. The molecule has 1 aliphatic heterocycles. The van der Waals surface area contributed by atoms with Gasteiger partial charge < -0.3 is 10.2 Å². The molecule has 1 N–H and O–H groups in total. The maximum Gasteiger partial charge on any atom is 0.416 e. The van der Waals surface area contributed by atoms with Crippen LogP contribution in [0.1, 0.15) is 52.0 Å². The second-order valence-corrected chi connectivity index (χ2v) is 9.71. The summed E-state index contributed by atoms with van der Waals surface area (Å²) in [5, 5.41) is 2.75. The molecule has 1 aliphatic rings. The van der Waals surface area contributed by atoms with Crippen LogP contribution in [0.15, 0.2) is 97.1 Å². The van der Waals surface area contributed by atoms with Crippen LogP contribution in [0.4, 0.5) is 18.9 Å². The van der Waals surface area contributed by atoms with Gasteiger partial charge in [-0.15, -0.1) is 0 Å². The molecule has 38 heavy (non-hydrogen) atoms. The van der Waals surface area contributed by atoms with E-state index in [4.69, 9.17) is 0 Å². The first-order valence-electron chi connectivity index (χ1n) is 12.8. The molecule has 5 rings (SSSR count). The summed E-state index contributed by atoms with van der Waals surface area (Å²) in [4.78, 5) is 15.3. The molecule has 1 atom stereocenters. The SMILES string of the molecule is C[C@H](NC(=O)c1ccc2c(c1)CCCN2Cc1ccc(-c2ccccc2)cc1)c1ccccc1C(F)(F)F. The van der Waals surface area contributed by atoms with Crippen molar-refractivity contribution in [1.82, 2.24) is 5.32 Å².